The molecule has 112 valence electrons. The number of methoxy groups -OCH3 is 1. The van der Waals surface area contributed by atoms with E-state index in [1.807, 2.05) is 6.92 Å². The molecule has 1 aliphatic heterocycles. The normalized spacial score (nSPS) is 19.4. The van der Waals surface area contributed by atoms with Crippen LogP contribution >= 0.6 is 0 Å². The maximum absolute atomic E-state index is 12.4. The molecule has 1 aromatic rings. The van der Waals surface area contributed by atoms with Gasteiger partial charge in [0, 0.05) is 0 Å². The lowest BCUT2D eigenvalue weighted by Gasteiger charge is -2.40. The number of nitrogens with one attached hydrogen (secondary N) is 1. The second-order valence-corrected chi connectivity index (χ2v) is 5.77. The summed E-state index contributed by atoms with van der Waals surface area (Å²) in [6.07, 6.45) is 4.64. The Morgan fingerprint density at radius 3 is 2.67 bits per heavy atom. The van der Waals surface area contributed by atoms with Gasteiger partial charge in [-0.25, -0.2) is 4.79 Å². The van der Waals surface area contributed by atoms with Crippen LogP contribution in [0.25, 0.3) is 0 Å². The molecule has 0 aromatic heterocycles. The van der Waals surface area contributed by atoms with Gasteiger partial charge in [-0.05, 0) is 50.3 Å². The van der Waals surface area contributed by atoms with E-state index in [1.165, 1.54) is 7.11 Å². The van der Waals surface area contributed by atoms with Crippen molar-refractivity contribution in [1.82, 2.24) is 0 Å². The maximum atomic E-state index is 12.4. The molecule has 1 aliphatic carbocycles. The van der Waals surface area contributed by atoms with Crippen molar-refractivity contribution in [2.75, 3.05) is 12.4 Å². The fraction of sp³-hybridized carbons (Fsp3) is 0.500. The van der Waals surface area contributed by atoms with E-state index in [0.717, 1.165) is 37.7 Å². The Morgan fingerprint density at radius 2 is 2.00 bits per heavy atom. The Hall–Kier alpha value is -2.04. The third-order valence-corrected chi connectivity index (χ3v) is 4.36. The first kappa shape index (κ1) is 13.9. The molecule has 5 heteroatoms. The summed E-state index contributed by atoms with van der Waals surface area (Å²) in [5.41, 5.74) is 1.04. The van der Waals surface area contributed by atoms with Crippen molar-refractivity contribution in [3.63, 3.8) is 0 Å². The summed E-state index contributed by atoms with van der Waals surface area (Å²) < 4.78 is 10.8. The second kappa shape index (κ2) is 5.06. The second-order valence-electron chi connectivity index (χ2n) is 5.77. The lowest BCUT2D eigenvalue weighted by molar-refractivity contribution is -0.135. The zero-order chi connectivity index (χ0) is 15.0. The number of fused-ring (bicyclic) bond motifs is 1. The first-order valence-electron chi connectivity index (χ1n) is 7.29. The van der Waals surface area contributed by atoms with E-state index in [1.54, 1.807) is 12.1 Å². The molecule has 1 saturated carbocycles. The van der Waals surface area contributed by atoms with Crippen LogP contribution in [0.1, 0.15) is 48.0 Å². The predicted octanol–water partition coefficient (Wildman–Crippen LogP) is 2.82. The SMILES string of the molecule is COC(=O)c1cc2c(cc1C)OC1(CCCCC1)C(=O)N2. The molecule has 0 atom stereocenters. The lowest BCUT2D eigenvalue weighted by Crippen LogP contribution is -2.52. The van der Waals surface area contributed by atoms with Crippen LogP contribution in [0.15, 0.2) is 12.1 Å². The fourth-order valence-corrected chi connectivity index (χ4v) is 3.14. The number of hydrogen-bond donors (Lipinski definition) is 1. The van der Waals surface area contributed by atoms with Crippen molar-refractivity contribution in [2.45, 2.75) is 44.6 Å². The summed E-state index contributed by atoms with van der Waals surface area (Å²) in [5, 5.41) is 2.90. The minimum Gasteiger partial charge on any atom is -0.475 e. The van der Waals surface area contributed by atoms with Gasteiger partial charge in [-0.15, -0.1) is 0 Å². The summed E-state index contributed by atoms with van der Waals surface area (Å²) in [5.74, 6) is 0.124. The highest BCUT2D eigenvalue weighted by Gasteiger charge is 2.45. The van der Waals surface area contributed by atoms with Crippen molar-refractivity contribution in [3.05, 3.63) is 23.3 Å². The van der Waals surface area contributed by atoms with Crippen LogP contribution in [0.4, 0.5) is 5.69 Å². The smallest absolute Gasteiger partial charge is 0.338 e. The number of hydrogen-bond acceptors (Lipinski definition) is 4. The van der Waals surface area contributed by atoms with Crippen molar-refractivity contribution in [3.8, 4) is 5.75 Å². The Morgan fingerprint density at radius 1 is 1.29 bits per heavy atom. The van der Waals surface area contributed by atoms with E-state index in [4.69, 9.17) is 9.47 Å². The average molecular weight is 289 g/mol. The molecule has 0 bridgehead atoms. The minimum atomic E-state index is -0.732. The molecular weight excluding hydrogens is 270 g/mol. The van der Waals surface area contributed by atoms with Crippen LogP contribution in [0, 0.1) is 6.92 Å². The molecule has 0 unspecified atom stereocenters. The van der Waals surface area contributed by atoms with E-state index in [2.05, 4.69) is 5.32 Å². The molecule has 21 heavy (non-hydrogen) atoms. The molecule has 0 saturated heterocycles. The molecule has 5 nitrogen and oxygen atoms in total. The van der Waals surface area contributed by atoms with Gasteiger partial charge in [0.15, 0.2) is 5.60 Å². The highest BCUT2D eigenvalue weighted by Crippen LogP contribution is 2.42. The van der Waals surface area contributed by atoms with Crippen molar-refractivity contribution in [1.29, 1.82) is 0 Å². The van der Waals surface area contributed by atoms with E-state index >= 15 is 0 Å². The first-order valence-corrected chi connectivity index (χ1v) is 7.29. The number of carbonyl (C=O) groups is 2. The molecule has 1 heterocycles. The van der Waals surface area contributed by atoms with Crippen LogP contribution < -0.4 is 10.1 Å². The van der Waals surface area contributed by atoms with Crippen molar-refractivity contribution < 1.29 is 19.1 Å². The maximum Gasteiger partial charge on any atom is 0.338 e. The lowest BCUT2D eigenvalue weighted by atomic mass is 9.83. The molecule has 2 aliphatic rings. The highest BCUT2D eigenvalue weighted by molar-refractivity contribution is 6.02. The van der Waals surface area contributed by atoms with Gasteiger partial charge < -0.3 is 14.8 Å². The topological polar surface area (TPSA) is 64.6 Å². The highest BCUT2D eigenvalue weighted by atomic mass is 16.5. The van der Waals surface area contributed by atoms with Gasteiger partial charge in [-0.2, -0.15) is 0 Å². The number of carbonyl (C=O) groups excluding carboxylic acids is 2. The first-order chi connectivity index (χ1) is 10.1. The summed E-state index contributed by atoms with van der Waals surface area (Å²) in [6, 6.07) is 3.43. The van der Waals surface area contributed by atoms with Gasteiger partial charge >= 0.3 is 5.97 Å². The van der Waals surface area contributed by atoms with Gasteiger partial charge in [0.25, 0.3) is 5.91 Å². The van der Waals surface area contributed by atoms with E-state index in [0.29, 0.717) is 17.0 Å². The van der Waals surface area contributed by atoms with Crippen LogP contribution in [0.5, 0.6) is 5.75 Å². The summed E-state index contributed by atoms with van der Waals surface area (Å²) in [4.78, 5) is 24.1. The van der Waals surface area contributed by atoms with Crippen LogP contribution in [0.3, 0.4) is 0 Å². The van der Waals surface area contributed by atoms with Crippen LogP contribution in [-0.4, -0.2) is 24.6 Å². The molecule has 0 radical (unpaired) electrons. The van der Waals surface area contributed by atoms with Gasteiger partial charge in [0.1, 0.15) is 5.75 Å². The largest absolute Gasteiger partial charge is 0.475 e. The van der Waals surface area contributed by atoms with Gasteiger partial charge in [-0.3, -0.25) is 4.79 Å². The van der Waals surface area contributed by atoms with E-state index in [9.17, 15) is 9.59 Å². The number of amides is 1. The molecule has 3 rings (SSSR count). The molecular formula is C16H19NO4. The molecule has 1 amide bonds. The zero-order valence-electron chi connectivity index (χ0n) is 12.3. The van der Waals surface area contributed by atoms with Crippen LogP contribution in [0.2, 0.25) is 0 Å². The Bertz CT molecular complexity index is 603. The van der Waals surface area contributed by atoms with Gasteiger partial charge in [-0.1, -0.05) is 6.42 Å². The van der Waals surface area contributed by atoms with Crippen molar-refractivity contribution in [2.24, 2.45) is 0 Å². The Labute approximate surface area is 123 Å². The number of rotatable bonds is 1. The third kappa shape index (κ3) is 2.26. The predicted molar refractivity (Wildman–Crippen MR) is 77.6 cm³/mol. The number of ether oxygens (including phenoxy) is 2. The minimum absolute atomic E-state index is 0.102. The third-order valence-electron chi connectivity index (χ3n) is 4.36. The van der Waals surface area contributed by atoms with E-state index in [-0.39, 0.29) is 5.91 Å². The number of aryl methyl sites for hydroxylation is 1. The molecule has 1 spiro atoms. The molecule has 1 N–H and O–H groups in total. The quantitative estimate of drug-likeness (QED) is 0.807. The monoisotopic (exact) mass is 289 g/mol. The van der Waals surface area contributed by atoms with Gasteiger partial charge in [0.05, 0.1) is 18.4 Å². The number of esters is 1. The average Bonchev–Trinajstić information content (AvgIpc) is 2.49. The Balaban J connectivity index is 1.98. The number of benzene rings is 1. The molecule has 1 aromatic carbocycles. The van der Waals surface area contributed by atoms with E-state index < -0.39 is 11.6 Å². The van der Waals surface area contributed by atoms with Crippen molar-refractivity contribution >= 4 is 17.6 Å². The van der Waals surface area contributed by atoms with Gasteiger partial charge in [0.2, 0.25) is 0 Å². The molecule has 1 fully saturated rings. The number of anilines is 1. The zero-order valence-corrected chi connectivity index (χ0v) is 12.3. The summed E-state index contributed by atoms with van der Waals surface area (Å²) >= 11 is 0. The fourth-order valence-electron chi connectivity index (χ4n) is 3.14. The summed E-state index contributed by atoms with van der Waals surface area (Å²) in [7, 11) is 1.34. The summed E-state index contributed by atoms with van der Waals surface area (Å²) in [6.45, 7) is 1.83. The van der Waals surface area contributed by atoms with Crippen LogP contribution in [-0.2, 0) is 9.53 Å². The Kier molecular flexibility index (Phi) is 3.35. The standard InChI is InChI=1S/C16H19NO4/c1-10-8-13-12(9-11(10)14(18)20-2)17-15(19)16(21-13)6-4-3-5-7-16/h8-9H,3-7H2,1-2H3,(H,17,19).